The number of carbonyl (C=O) groups excluding carboxylic acids is 2. The van der Waals surface area contributed by atoms with E-state index in [2.05, 4.69) is 4.98 Å². The Kier molecular flexibility index (Phi) is 5.11. The number of Topliss-reactive ketones (excluding diaryl/α,β-unsaturated/α-hetero) is 2. The highest BCUT2D eigenvalue weighted by molar-refractivity contribution is 6.35. The number of nitrogens with zero attached hydrogens (tertiary/aromatic N) is 1. The van der Waals surface area contributed by atoms with E-state index in [0.717, 1.165) is 43.2 Å². The first-order chi connectivity index (χ1) is 14.5. The number of hydrogen-bond acceptors (Lipinski definition) is 4. The molecular weight excluding hydrogens is 421 g/mol. The average molecular weight is 444 g/mol. The minimum Gasteiger partial charge on any atom is -0.438 e. The molecule has 4 fully saturated rings. The van der Waals surface area contributed by atoms with E-state index in [1.165, 1.54) is 6.20 Å². The van der Waals surface area contributed by atoms with Crippen molar-refractivity contribution < 1.29 is 14.3 Å². The molecule has 6 rings (SSSR count). The lowest BCUT2D eigenvalue weighted by molar-refractivity contribution is -0.129. The van der Waals surface area contributed by atoms with Gasteiger partial charge in [-0.1, -0.05) is 36.2 Å². The van der Waals surface area contributed by atoms with Crippen molar-refractivity contribution in [3.63, 3.8) is 0 Å². The van der Waals surface area contributed by atoms with Gasteiger partial charge in [0.1, 0.15) is 16.7 Å². The quantitative estimate of drug-likeness (QED) is 0.541. The number of rotatable bonds is 4. The number of ether oxygens (including phenoxy) is 1. The maximum atomic E-state index is 13.5. The first-order valence-electron chi connectivity index (χ1n) is 10.7. The second-order valence-corrected chi connectivity index (χ2v) is 9.56. The summed E-state index contributed by atoms with van der Waals surface area (Å²) in [6.45, 7) is 2.04. The van der Waals surface area contributed by atoms with Crippen molar-refractivity contribution in [1.82, 2.24) is 4.98 Å². The Balaban J connectivity index is 1.51. The van der Waals surface area contributed by atoms with Crippen LogP contribution in [0.25, 0.3) is 0 Å². The first-order valence-corrected chi connectivity index (χ1v) is 11.4. The number of benzene rings is 1. The van der Waals surface area contributed by atoms with E-state index in [9.17, 15) is 9.59 Å². The van der Waals surface area contributed by atoms with E-state index in [-0.39, 0.29) is 29.3 Å². The third kappa shape index (κ3) is 3.16. The first kappa shape index (κ1) is 20.0. The molecule has 0 N–H and O–H groups in total. The number of hydrogen-bond donors (Lipinski definition) is 0. The van der Waals surface area contributed by atoms with Gasteiger partial charge in [-0.3, -0.25) is 9.59 Å². The molecule has 4 saturated carbocycles. The van der Waals surface area contributed by atoms with E-state index in [1.807, 2.05) is 25.1 Å². The van der Waals surface area contributed by atoms with Crippen LogP contribution in [0.5, 0.6) is 11.6 Å². The smallest absolute Gasteiger partial charge is 0.238 e. The van der Waals surface area contributed by atoms with Crippen LogP contribution in [-0.2, 0) is 16.0 Å². The number of fused-ring (bicyclic) bond motifs is 2. The van der Waals surface area contributed by atoms with Gasteiger partial charge in [-0.05, 0) is 73.3 Å². The van der Waals surface area contributed by atoms with E-state index < -0.39 is 5.92 Å². The van der Waals surface area contributed by atoms with Crippen LogP contribution in [-0.4, -0.2) is 16.6 Å². The summed E-state index contributed by atoms with van der Waals surface area (Å²) in [5.74, 6) is 0.903. The van der Waals surface area contributed by atoms with Gasteiger partial charge in [0, 0.05) is 18.0 Å². The average Bonchev–Trinajstić information content (AvgIpc) is 3.03. The topological polar surface area (TPSA) is 56.3 Å². The van der Waals surface area contributed by atoms with Crippen molar-refractivity contribution in [2.75, 3.05) is 0 Å². The molecule has 2 bridgehead atoms. The second kappa shape index (κ2) is 7.65. The lowest BCUT2D eigenvalue weighted by Crippen LogP contribution is -2.41. The summed E-state index contributed by atoms with van der Waals surface area (Å²) in [7, 11) is 0. The standard InChI is InChI=1S/C24H23Cl2NO3/c1-2-12-7-8-16(30-24-18(26)9-15(25)11-27-24)10-17(12)21-22(28)19-13-3-4-14(6-5-13)20(19)23(21)29/h7-11,13-14,19-21H,2-6H2,1H3. The van der Waals surface area contributed by atoms with Crippen LogP contribution in [0, 0.1) is 23.7 Å². The van der Waals surface area contributed by atoms with E-state index in [1.54, 1.807) is 6.07 Å². The van der Waals surface area contributed by atoms with Crippen molar-refractivity contribution >= 4 is 34.8 Å². The minimum atomic E-state index is -0.673. The summed E-state index contributed by atoms with van der Waals surface area (Å²) < 4.78 is 5.88. The number of pyridine rings is 1. The number of aromatic nitrogens is 1. The van der Waals surface area contributed by atoms with Gasteiger partial charge in [-0.15, -0.1) is 0 Å². The van der Waals surface area contributed by atoms with Crippen LogP contribution >= 0.6 is 23.2 Å². The fraction of sp³-hybridized carbons (Fsp3) is 0.458. The zero-order chi connectivity index (χ0) is 21.0. The Bertz CT molecular complexity index is 999. The van der Waals surface area contributed by atoms with Gasteiger partial charge in [0.15, 0.2) is 11.6 Å². The van der Waals surface area contributed by atoms with Crippen molar-refractivity contribution in [2.45, 2.75) is 44.9 Å². The van der Waals surface area contributed by atoms with Gasteiger partial charge in [0.25, 0.3) is 0 Å². The fourth-order valence-electron chi connectivity index (χ4n) is 5.92. The molecule has 4 aliphatic carbocycles. The van der Waals surface area contributed by atoms with Gasteiger partial charge >= 0.3 is 0 Å². The highest BCUT2D eigenvalue weighted by Gasteiger charge is 2.59. The van der Waals surface area contributed by atoms with Crippen molar-refractivity contribution in [3.05, 3.63) is 51.6 Å². The molecule has 0 saturated heterocycles. The highest BCUT2D eigenvalue weighted by Crippen LogP contribution is 2.56. The summed E-state index contributed by atoms with van der Waals surface area (Å²) >= 11 is 12.1. The number of carbonyl (C=O) groups is 2. The van der Waals surface area contributed by atoms with Crippen LogP contribution in [0.4, 0.5) is 0 Å². The molecule has 156 valence electrons. The van der Waals surface area contributed by atoms with Crippen LogP contribution in [0.15, 0.2) is 30.5 Å². The Hall–Kier alpha value is -1.91. The maximum Gasteiger partial charge on any atom is 0.238 e. The Morgan fingerprint density at radius 1 is 1.00 bits per heavy atom. The molecule has 1 heterocycles. The highest BCUT2D eigenvalue weighted by atomic mass is 35.5. The Labute approximate surface area is 185 Å². The molecule has 1 aromatic heterocycles. The van der Waals surface area contributed by atoms with Gasteiger partial charge in [-0.2, -0.15) is 0 Å². The third-order valence-corrected chi connectivity index (χ3v) is 7.72. The van der Waals surface area contributed by atoms with E-state index >= 15 is 0 Å². The van der Waals surface area contributed by atoms with Gasteiger partial charge in [0.05, 0.1) is 5.02 Å². The summed E-state index contributed by atoms with van der Waals surface area (Å²) in [5, 5.41) is 0.730. The number of aryl methyl sites for hydroxylation is 1. The zero-order valence-electron chi connectivity index (χ0n) is 16.7. The zero-order valence-corrected chi connectivity index (χ0v) is 18.2. The summed E-state index contributed by atoms with van der Waals surface area (Å²) in [5.41, 5.74) is 1.79. The Morgan fingerprint density at radius 3 is 2.20 bits per heavy atom. The number of halogens is 2. The molecule has 6 heteroatoms. The van der Waals surface area contributed by atoms with Crippen molar-refractivity contribution in [2.24, 2.45) is 23.7 Å². The SMILES string of the molecule is CCc1ccc(Oc2ncc(Cl)cc2Cl)cc1C1C(=O)C2C3CCC(CC3)C2C1=O. The molecular formula is C24H23Cl2NO3. The molecule has 30 heavy (non-hydrogen) atoms. The lowest BCUT2D eigenvalue weighted by Gasteiger charge is -2.43. The predicted molar refractivity (Wildman–Crippen MR) is 115 cm³/mol. The summed E-state index contributed by atoms with van der Waals surface area (Å²) in [4.78, 5) is 31.1. The molecule has 4 nitrogen and oxygen atoms in total. The fourth-order valence-corrected chi connectivity index (χ4v) is 6.33. The van der Waals surface area contributed by atoms with E-state index in [4.69, 9.17) is 27.9 Å². The second-order valence-electron chi connectivity index (χ2n) is 8.72. The molecule has 0 aliphatic heterocycles. The monoisotopic (exact) mass is 443 g/mol. The molecule has 0 spiro atoms. The van der Waals surface area contributed by atoms with Crippen LogP contribution in [0.2, 0.25) is 10.0 Å². The molecule has 2 aromatic rings. The largest absolute Gasteiger partial charge is 0.438 e. The van der Waals surface area contributed by atoms with Crippen LogP contribution < -0.4 is 4.74 Å². The molecule has 0 amide bonds. The molecule has 1 aromatic carbocycles. The lowest BCUT2D eigenvalue weighted by atomic mass is 9.59. The molecule has 2 unspecified atom stereocenters. The maximum absolute atomic E-state index is 13.5. The van der Waals surface area contributed by atoms with Gasteiger partial charge in [0.2, 0.25) is 5.88 Å². The number of ketones is 2. The summed E-state index contributed by atoms with van der Waals surface area (Å²) in [6.07, 6.45) is 6.55. The predicted octanol–water partition coefficient (Wildman–Crippen LogP) is 6.03. The normalized spacial score (nSPS) is 29.9. The molecule has 0 radical (unpaired) electrons. The van der Waals surface area contributed by atoms with Crippen molar-refractivity contribution in [1.29, 1.82) is 0 Å². The van der Waals surface area contributed by atoms with E-state index in [0.29, 0.717) is 27.6 Å². The molecule has 2 atom stereocenters. The van der Waals surface area contributed by atoms with Crippen LogP contribution in [0.3, 0.4) is 0 Å². The minimum absolute atomic E-state index is 0.0864. The third-order valence-electron chi connectivity index (χ3n) is 7.24. The van der Waals surface area contributed by atoms with Crippen molar-refractivity contribution in [3.8, 4) is 11.6 Å². The van der Waals surface area contributed by atoms with Gasteiger partial charge in [-0.25, -0.2) is 4.98 Å². The Morgan fingerprint density at radius 2 is 1.63 bits per heavy atom. The summed E-state index contributed by atoms with van der Waals surface area (Å²) in [6, 6.07) is 7.16. The van der Waals surface area contributed by atoms with Crippen LogP contribution in [0.1, 0.15) is 49.7 Å². The van der Waals surface area contributed by atoms with Gasteiger partial charge < -0.3 is 4.74 Å². The molecule has 4 aliphatic rings.